The molecule has 0 amide bonds. The molecular weight excluding hydrogens is 246 g/mol. The number of nitrogens with zero attached hydrogens (tertiary/aromatic N) is 1. The van der Waals surface area contributed by atoms with Gasteiger partial charge in [-0.05, 0) is 38.8 Å². The van der Waals surface area contributed by atoms with E-state index < -0.39 is 10.0 Å². The lowest BCUT2D eigenvalue weighted by molar-refractivity contribution is 0.262. The van der Waals surface area contributed by atoms with Gasteiger partial charge in [-0.15, -0.1) is 0 Å². The third-order valence-corrected chi connectivity index (χ3v) is 5.51. The zero-order valence-corrected chi connectivity index (χ0v) is 12.4. The minimum Gasteiger partial charge on any atom is -0.207 e. The van der Waals surface area contributed by atoms with Crippen LogP contribution in [0, 0.1) is 0 Å². The Kier molecular flexibility index (Phi) is 5.35. The van der Waals surface area contributed by atoms with Crippen molar-refractivity contribution in [1.29, 1.82) is 0 Å². The maximum absolute atomic E-state index is 12.7. The molecule has 0 unspecified atom stereocenters. The number of hydrogen-bond donors (Lipinski definition) is 0. The molecule has 18 heavy (non-hydrogen) atoms. The standard InChI is InChI=1S/C14H23NO2S/c1-5-12(3)15(13(4)6-2)18(16,17)14-10-8-7-9-11-14/h7-13H,5-6H2,1-4H3/t12-,13+. The summed E-state index contributed by atoms with van der Waals surface area (Å²) in [4.78, 5) is 0.380. The van der Waals surface area contributed by atoms with Gasteiger partial charge in [-0.3, -0.25) is 0 Å². The summed E-state index contributed by atoms with van der Waals surface area (Å²) >= 11 is 0. The van der Waals surface area contributed by atoms with Crippen LogP contribution in [-0.4, -0.2) is 24.8 Å². The summed E-state index contributed by atoms with van der Waals surface area (Å²) in [6.45, 7) is 7.96. The Balaban J connectivity index is 3.20. The van der Waals surface area contributed by atoms with Crippen molar-refractivity contribution in [3.8, 4) is 0 Å². The second-order valence-electron chi connectivity index (χ2n) is 4.66. The van der Waals surface area contributed by atoms with E-state index in [2.05, 4.69) is 0 Å². The van der Waals surface area contributed by atoms with Gasteiger partial charge in [-0.1, -0.05) is 32.0 Å². The van der Waals surface area contributed by atoms with Gasteiger partial charge in [0, 0.05) is 12.1 Å². The highest BCUT2D eigenvalue weighted by Crippen LogP contribution is 2.23. The predicted molar refractivity (Wildman–Crippen MR) is 75.0 cm³/mol. The van der Waals surface area contributed by atoms with Gasteiger partial charge in [-0.25, -0.2) is 8.42 Å². The van der Waals surface area contributed by atoms with Crippen LogP contribution in [0.3, 0.4) is 0 Å². The highest BCUT2D eigenvalue weighted by atomic mass is 32.2. The molecule has 0 aromatic heterocycles. The van der Waals surface area contributed by atoms with Crippen molar-refractivity contribution < 1.29 is 8.42 Å². The fourth-order valence-electron chi connectivity index (χ4n) is 1.98. The molecule has 0 spiro atoms. The molecule has 4 heteroatoms. The third kappa shape index (κ3) is 3.12. The minimum atomic E-state index is -3.39. The Hall–Kier alpha value is -0.870. The first-order chi connectivity index (χ1) is 8.45. The Morgan fingerprint density at radius 3 is 1.83 bits per heavy atom. The van der Waals surface area contributed by atoms with Gasteiger partial charge in [0.15, 0.2) is 0 Å². The molecule has 102 valence electrons. The zero-order chi connectivity index (χ0) is 13.8. The topological polar surface area (TPSA) is 37.4 Å². The van der Waals surface area contributed by atoms with Gasteiger partial charge in [-0.2, -0.15) is 4.31 Å². The summed E-state index contributed by atoms with van der Waals surface area (Å²) in [7, 11) is -3.39. The molecule has 1 rings (SSSR count). The summed E-state index contributed by atoms with van der Waals surface area (Å²) in [6.07, 6.45) is 1.63. The summed E-state index contributed by atoms with van der Waals surface area (Å²) in [5.41, 5.74) is 0. The van der Waals surface area contributed by atoms with Gasteiger partial charge in [0.05, 0.1) is 4.90 Å². The molecule has 2 atom stereocenters. The molecule has 0 saturated heterocycles. The molecule has 0 aliphatic rings. The highest BCUT2D eigenvalue weighted by molar-refractivity contribution is 7.89. The summed E-state index contributed by atoms with van der Waals surface area (Å²) < 4.78 is 27.0. The molecule has 0 radical (unpaired) electrons. The van der Waals surface area contributed by atoms with Crippen LogP contribution in [-0.2, 0) is 10.0 Å². The van der Waals surface area contributed by atoms with Crippen molar-refractivity contribution in [1.82, 2.24) is 4.31 Å². The van der Waals surface area contributed by atoms with Crippen LogP contribution in [0.5, 0.6) is 0 Å². The lowest BCUT2D eigenvalue weighted by atomic mass is 10.2. The van der Waals surface area contributed by atoms with Crippen molar-refractivity contribution >= 4 is 10.0 Å². The molecule has 3 nitrogen and oxygen atoms in total. The van der Waals surface area contributed by atoms with Crippen molar-refractivity contribution in [3.63, 3.8) is 0 Å². The lowest BCUT2D eigenvalue weighted by Gasteiger charge is -2.32. The molecule has 0 aliphatic carbocycles. The van der Waals surface area contributed by atoms with Crippen molar-refractivity contribution in [2.24, 2.45) is 0 Å². The largest absolute Gasteiger partial charge is 0.243 e. The maximum Gasteiger partial charge on any atom is 0.243 e. The van der Waals surface area contributed by atoms with Crippen LogP contribution in [0.4, 0.5) is 0 Å². The first-order valence-corrected chi connectivity index (χ1v) is 7.97. The summed E-state index contributed by atoms with van der Waals surface area (Å²) in [6, 6.07) is 8.71. The van der Waals surface area contributed by atoms with E-state index in [4.69, 9.17) is 0 Å². The van der Waals surface area contributed by atoms with Gasteiger partial charge in [0.2, 0.25) is 10.0 Å². The molecule has 0 aliphatic heterocycles. The Morgan fingerprint density at radius 1 is 1.00 bits per heavy atom. The zero-order valence-electron chi connectivity index (χ0n) is 11.6. The average Bonchev–Trinajstić information content (AvgIpc) is 2.39. The van der Waals surface area contributed by atoms with E-state index >= 15 is 0 Å². The SMILES string of the molecule is CC[C@@H](C)N([C@@H](C)CC)S(=O)(=O)c1ccccc1. The fourth-order valence-corrected chi connectivity index (χ4v) is 3.97. The molecule has 0 saturated carbocycles. The van der Waals surface area contributed by atoms with E-state index in [1.165, 1.54) is 0 Å². The van der Waals surface area contributed by atoms with Gasteiger partial charge in [0.1, 0.15) is 0 Å². The fraction of sp³-hybridized carbons (Fsp3) is 0.571. The average molecular weight is 269 g/mol. The lowest BCUT2D eigenvalue weighted by Crippen LogP contribution is -2.44. The first-order valence-electron chi connectivity index (χ1n) is 6.53. The van der Waals surface area contributed by atoms with Crippen LogP contribution in [0.15, 0.2) is 35.2 Å². The van der Waals surface area contributed by atoms with Crippen molar-refractivity contribution in [3.05, 3.63) is 30.3 Å². The number of benzene rings is 1. The number of hydrogen-bond acceptors (Lipinski definition) is 2. The molecular formula is C14H23NO2S. The number of sulfonamides is 1. The van der Waals surface area contributed by atoms with E-state index in [1.807, 2.05) is 33.8 Å². The molecule has 1 aromatic carbocycles. The number of rotatable bonds is 6. The van der Waals surface area contributed by atoms with Gasteiger partial charge >= 0.3 is 0 Å². The van der Waals surface area contributed by atoms with E-state index in [1.54, 1.807) is 28.6 Å². The monoisotopic (exact) mass is 269 g/mol. The molecule has 1 aromatic rings. The van der Waals surface area contributed by atoms with E-state index in [0.29, 0.717) is 4.90 Å². The first kappa shape index (κ1) is 15.2. The Morgan fingerprint density at radius 2 is 1.44 bits per heavy atom. The van der Waals surface area contributed by atoms with Crippen LogP contribution in [0.2, 0.25) is 0 Å². The smallest absolute Gasteiger partial charge is 0.207 e. The minimum absolute atomic E-state index is 0.0187. The normalized spacial score (nSPS) is 15.6. The quantitative estimate of drug-likeness (QED) is 0.795. The second kappa shape index (κ2) is 6.34. The summed E-state index contributed by atoms with van der Waals surface area (Å²) in [5.74, 6) is 0. The van der Waals surface area contributed by atoms with Crippen LogP contribution in [0.1, 0.15) is 40.5 Å². The second-order valence-corrected chi connectivity index (χ2v) is 6.51. The third-order valence-electron chi connectivity index (χ3n) is 3.37. The van der Waals surface area contributed by atoms with E-state index in [9.17, 15) is 8.42 Å². The Labute approximate surface area is 111 Å². The van der Waals surface area contributed by atoms with Gasteiger partial charge in [0.25, 0.3) is 0 Å². The van der Waals surface area contributed by atoms with E-state index in [0.717, 1.165) is 12.8 Å². The van der Waals surface area contributed by atoms with Crippen molar-refractivity contribution in [2.75, 3.05) is 0 Å². The molecule has 0 bridgehead atoms. The Bertz CT molecular complexity index is 446. The predicted octanol–water partition coefficient (Wildman–Crippen LogP) is 3.27. The molecule has 0 fully saturated rings. The maximum atomic E-state index is 12.7. The van der Waals surface area contributed by atoms with Crippen LogP contribution < -0.4 is 0 Å². The summed E-state index contributed by atoms with van der Waals surface area (Å²) in [5, 5.41) is 0. The highest BCUT2D eigenvalue weighted by Gasteiger charge is 2.31. The van der Waals surface area contributed by atoms with Gasteiger partial charge < -0.3 is 0 Å². The van der Waals surface area contributed by atoms with Crippen molar-refractivity contribution in [2.45, 2.75) is 57.5 Å². The van der Waals surface area contributed by atoms with E-state index in [-0.39, 0.29) is 12.1 Å². The van der Waals surface area contributed by atoms with Crippen LogP contribution in [0.25, 0.3) is 0 Å². The van der Waals surface area contributed by atoms with Crippen LogP contribution >= 0.6 is 0 Å². The molecule has 0 N–H and O–H groups in total. The molecule has 0 heterocycles.